The summed E-state index contributed by atoms with van der Waals surface area (Å²) >= 11 is 0. The number of rotatable bonds is 4. The topological polar surface area (TPSA) is 52.6 Å². The SMILES string of the molecule is CC1(OC(=O)COC(=O)C(C)(F)F)CCCC1. The van der Waals surface area contributed by atoms with Crippen molar-refractivity contribution in [2.75, 3.05) is 6.61 Å². The molecule has 0 unspecified atom stereocenters. The second kappa shape index (κ2) is 4.98. The van der Waals surface area contributed by atoms with E-state index in [-0.39, 0.29) is 0 Å². The molecule has 0 aliphatic heterocycles. The lowest BCUT2D eigenvalue weighted by molar-refractivity contribution is -0.179. The highest BCUT2D eigenvalue weighted by Crippen LogP contribution is 2.32. The summed E-state index contributed by atoms with van der Waals surface area (Å²) in [4.78, 5) is 22.0. The molecule has 0 aromatic heterocycles. The Hall–Kier alpha value is -1.20. The number of halogens is 2. The smallest absolute Gasteiger partial charge is 0.377 e. The van der Waals surface area contributed by atoms with Gasteiger partial charge in [0, 0.05) is 6.92 Å². The maximum atomic E-state index is 12.4. The predicted octanol–water partition coefficient (Wildman–Crippen LogP) is 2.06. The summed E-state index contributed by atoms with van der Waals surface area (Å²) in [6.07, 6.45) is 3.43. The molecule has 0 saturated heterocycles. The van der Waals surface area contributed by atoms with Crippen LogP contribution in [0.1, 0.15) is 39.5 Å². The van der Waals surface area contributed by atoms with Gasteiger partial charge in [0.25, 0.3) is 0 Å². The van der Waals surface area contributed by atoms with Gasteiger partial charge in [0.2, 0.25) is 0 Å². The van der Waals surface area contributed by atoms with E-state index >= 15 is 0 Å². The van der Waals surface area contributed by atoms with Crippen LogP contribution in [-0.2, 0) is 19.1 Å². The average Bonchev–Trinajstić information content (AvgIpc) is 2.59. The van der Waals surface area contributed by atoms with Crippen LogP contribution in [0, 0.1) is 0 Å². The molecule has 0 atom stereocenters. The van der Waals surface area contributed by atoms with E-state index in [1.54, 1.807) is 6.92 Å². The first-order valence-corrected chi connectivity index (χ1v) is 5.50. The Bertz CT molecular complexity index is 303. The van der Waals surface area contributed by atoms with Crippen LogP contribution in [-0.4, -0.2) is 30.1 Å². The van der Waals surface area contributed by atoms with E-state index < -0.39 is 30.1 Å². The Balaban J connectivity index is 2.33. The van der Waals surface area contributed by atoms with Crippen LogP contribution in [0.15, 0.2) is 0 Å². The van der Waals surface area contributed by atoms with Crippen molar-refractivity contribution in [3.8, 4) is 0 Å². The van der Waals surface area contributed by atoms with Crippen molar-refractivity contribution in [2.45, 2.75) is 51.1 Å². The van der Waals surface area contributed by atoms with Gasteiger partial charge >= 0.3 is 17.9 Å². The van der Waals surface area contributed by atoms with Crippen LogP contribution < -0.4 is 0 Å². The molecule has 0 bridgehead atoms. The quantitative estimate of drug-likeness (QED) is 0.717. The van der Waals surface area contributed by atoms with Crippen LogP contribution in [0.2, 0.25) is 0 Å². The Kier molecular flexibility index (Phi) is 4.06. The molecule has 0 amide bonds. The van der Waals surface area contributed by atoms with Crippen LogP contribution >= 0.6 is 0 Å². The summed E-state index contributed by atoms with van der Waals surface area (Å²) in [5.41, 5.74) is -0.543. The largest absolute Gasteiger partial charge is 0.457 e. The molecule has 4 nitrogen and oxygen atoms in total. The van der Waals surface area contributed by atoms with Crippen molar-refractivity contribution in [1.29, 1.82) is 0 Å². The van der Waals surface area contributed by atoms with Gasteiger partial charge in [0.05, 0.1) is 0 Å². The molecule has 0 N–H and O–H groups in total. The Morgan fingerprint density at radius 3 is 2.29 bits per heavy atom. The lowest BCUT2D eigenvalue weighted by Gasteiger charge is -2.23. The van der Waals surface area contributed by atoms with Gasteiger partial charge in [-0.05, 0) is 32.6 Å². The fraction of sp³-hybridized carbons (Fsp3) is 0.818. The summed E-state index contributed by atoms with van der Waals surface area (Å²) in [5.74, 6) is -6.09. The third-order valence-electron chi connectivity index (χ3n) is 2.70. The predicted molar refractivity (Wildman–Crippen MR) is 54.5 cm³/mol. The van der Waals surface area contributed by atoms with Crippen molar-refractivity contribution in [3.05, 3.63) is 0 Å². The minimum Gasteiger partial charge on any atom is -0.457 e. The molecule has 1 fully saturated rings. The van der Waals surface area contributed by atoms with Gasteiger partial charge in [-0.25, -0.2) is 9.59 Å². The zero-order valence-corrected chi connectivity index (χ0v) is 9.92. The highest BCUT2D eigenvalue weighted by Gasteiger charge is 2.36. The Morgan fingerprint density at radius 2 is 1.82 bits per heavy atom. The van der Waals surface area contributed by atoms with E-state index in [2.05, 4.69) is 4.74 Å². The maximum absolute atomic E-state index is 12.4. The number of alkyl halides is 2. The van der Waals surface area contributed by atoms with Crippen molar-refractivity contribution in [1.82, 2.24) is 0 Å². The lowest BCUT2D eigenvalue weighted by Crippen LogP contribution is -2.33. The van der Waals surface area contributed by atoms with Gasteiger partial charge in [-0.2, -0.15) is 8.78 Å². The molecule has 1 saturated carbocycles. The van der Waals surface area contributed by atoms with Crippen molar-refractivity contribution in [2.24, 2.45) is 0 Å². The molecule has 1 aliphatic carbocycles. The second-order valence-electron chi connectivity index (χ2n) is 4.60. The standard InChI is InChI=1S/C11H16F2O4/c1-10(5-3-4-6-10)17-8(14)7-16-9(15)11(2,12)13/h3-7H2,1-2H3. The van der Waals surface area contributed by atoms with E-state index in [9.17, 15) is 18.4 Å². The van der Waals surface area contributed by atoms with Crippen molar-refractivity contribution in [3.63, 3.8) is 0 Å². The molecule has 1 rings (SSSR count). The van der Waals surface area contributed by atoms with Crippen LogP contribution in [0.5, 0.6) is 0 Å². The zero-order valence-electron chi connectivity index (χ0n) is 9.92. The summed E-state index contributed by atoms with van der Waals surface area (Å²) in [7, 11) is 0. The van der Waals surface area contributed by atoms with Crippen molar-refractivity contribution >= 4 is 11.9 Å². The number of ether oxygens (including phenoxy) is 2. The molecule has 0 aromatic rings. The van der Waals surface area contributed by atoms with E-state index in [4.69, 9.17) is 4.74 Å². The first-order chi connectivity index (χ1) is 7.73. The number of esters is 2. The summed E-state index contributed by atoms with van der Waals surface area (Å²) in [6, 6.07) is 0. The van der Waals surface area contributed by atoms with Crippen LogP contribution in [0.4, 0.5) is 8.78 Å². The van der Waals surface area contributed by atoms with E-state index in [1.165, 1.54) is 0 Å². The molecular formula is C11H16F2O4. The van der Waals surface area contributed by atoms with Crippen LogP contribution in [0.25, 0.3) is 0 Å². The molecule has 17 heavy (non-hydrogen) atoms. The number of carbonyl (C=O) groups excluding carboxylic acids is 2. The average molecular weight is 250 g/mol. The Morgan fingerprint density at radius 1 is 1.29 bits per heavy atom. The molecule has 0 heterocycles. The minimum absolute atomic E-state index is 0.416. The number of carbonyl (C=O) groups is 2. The van der Waals surface area contributed by atoms with Gasteiger partial charge in [-0.15, -0.1) is 0 Å². The van der Waals surface area contributed by atoms with E-state index in [0.29, 0.717) is 6.92 Å². The number of hydrogen-bond acceptors (Lipinski definition) is 4. The fourth-order valence-electron chi connectivity index (χ4n) is 1.78. The zero-order chi connectivity index (χ0) is 13.1. The highest BCUT2D eigenvalue weighted by atomic mass is 19.3. The van der Waals surface area contributed by atoms with Gasteiger partial charge in [-0.3, -0.25) is 0 Å². The van der Waals surface area contributed by atoms with Crippen molar-refractivity contribution < 1.29 is 27.8 Å². The summed E-state index contributed by atoms with van der Waals surface area (Å²) in [6.45, 7) is 1.44. The molecule has 6 heteroatoms. The summed E-state index contributed by atoms with van der Waals surface area (Å²) < 4.78 is 34.1. The third kappa shape index (κ3) is 4.28. The van der Waals surface area contributed by atoms with Crippen LogP contribution in [0.3, 0.4) is 0 Å². The molecule has 1 aliphatic rings. The normalized spacial score (nSPS) is 18.8. The number of hydrogen-bond donors (Lipinski definition) is 0. The third-order valence-corrected chi connectivity index (χ3v) is 2.70. The van der Waals surface area contributed by atoms with E-state index in [0.717, 1.165) is 25.7 Å². The maximum Gasteiger partial charge on any atom is 0.377 e. The molecule has 98 valence electrons. The first-order valence-electron chi connectivity index (χ1n) is 5.50. The Labute approximate surface area is 98.3 Å². The lowest BCUT2D eigenvalue weighted by atomic mass is 10.1. The van der Waals surface area contributed by atoms with Gasteiger partial charge in [0.15, 0.2) is 6.61 Å². The molecular weight excluding hydrogens is 234 g/mol. The highest BCUT2D eigenvalue weighted by molar-refractivity contribution is 5.80. The van der Waals surface area contributed by atoms with E-state index in [1.807, 2.05) is 0 Å². The first kappa shape index (κ1) is 13.9. The second-order valence-corrected chi connectivity index (χ2v) is 4.60. The molecule has 0 spiro atoms. The fourth-order valence-corrected chi connectivity index (χ4v) is 1.78. The van der Waals surface area contributed by atoms with Gasteiger partial charge in [0.1, 0.15) is 5.60 Å². The monoisotopic (exact) mass is 250 g/mol. The van der Waals surface area contributed by atoms with Gasteiger partial charge in [-0.1, -0.05) is 0 Å². The van der Waals surface area contributed by atoms with Gasteiger partial charge < -0.3 is 9.47 Å². The molecule has 0 radical (unpaired) electrons. The molecule has 0 aromatic carbocycles. The summed E-state index contributed by atoms with van der Waals surface area (Å²) in [5, 5.41) is 0. The minimum atomic E-state index is -3.59.